The van der Waals surface area contributed by atoms with E-state index in [9.17, 15) is 9.59 Å². The minimum absolute atomic E-state index is 0.0351. The zero-order valence-corrected chi connectivity index (χ0v) is 32.0. The molecule has 0 radical (unpaired) electrons. The van der Waals surface area contributed by atoms with Crippen LogP contribution in [0.2, 0.25) is 0 Å². The minimum Gasteiger partial charge on any atom is -0.481 e. The van der Waals surface area contributed by atoms with Crippen molar-refractivity contribution >= 4 is 11.9 Å². The van der Waals surface area contributed by atoms with Gasteiger partial charge in [0.15, 0.2) is 0 Å². The van der Waals surface area contributed by atoms with Crippen molar-refractivity contribution in [3.8, 4) is 0 Å². The molecular weight excluding hydrogens is 592 g/mol. The third kappa shape index (κ3) is 38.6. The first kappa shape index (κ1) is 46.2. The number of hydrogen-bond donors (Lipinski definition) is 1. The van der Waals surface area contributed by atoms with E-state index in [1.807, 2.05) is 0 Å². The van der Waals surface area contributed by atoms with E-state index < -0.39 is 5.97 Å². The third-order valence-corrected chi connectivity index (χ3v) is 9.38. The number of carbonyl (C=O) groups is 2. The Balaban J connectivity index is 3.86. The van der Waals surface area contributed by atoms with E-state index in [0.717, 1.165) is 57.8 Å². The maximum atomic E-state index is 12.7. The molecule has 0 heterocycles. The van der Waals surface area contributed by atoms with Gasteiger partial charge in [-0.2, -0.15) is 0 Å². The highest BCUT2D eigenvalue weighted by molar-refractivity contribution is 5.69. The van der Waals surface area contributed by atoms with E-state index in [4.69, 9.17) is 9.84 Å². The summed E-state index contributed by atoms with van der Waals surface area (Å²) in [5, 5.41) is 8.69. The predicted octanol–water partition coefficient (Wildman–Crippen LogP) is 14.6. The van der Waals surface area contributed by atoms with Crippen LogP contribution in [0.15, 0.2) is 36.5 Å². The number of hydrogen-bond acceptors (Lipinski definition) is 3. The fourth-order valence-corrected chi connectivity index (χ4v) is 6.32. The molecule has 0 aliphatic rings. The number of aliphatic carboxylic acids is 1. The number of allylic oxidation sites excluding steroid dienone is 6. The molecule has 0 fully saturated rings. The molecule has 280 valence electrons. The van der Waals surface area contributed by atoms with E-state index in [2.05, 4.69) is 50.3 Å². The van der Waals surface area contributed by atoms with Crippen LogP contribution in [0, 0.1) is 0 Å². The van der Waals surface area contributed by atoms with Crippen LogP contribution in [0.5, 0.6) is 0 Å². The maximum Gasteiger partial charge on any atom is 0.306 e. The second kappa shape index (κ2) is 39.6. The summed E-state index contributed by atoms with van der Waals surface area (Å²) in [7, 11) is 0. The van der Waals surface area contributed by atoms with Gasteiger partial charge in [-0.15, -0.1) is 0 Å². The van der Waals surface area contributed by atoms with E-state index in [-0.39, 0.29) is 12.1 Å². The van der Waals surface area contributed by atoms with Crippen LogP contribution in [-0.4, -0.2) is 23.1 Å². The summed E-state index contributed by atoms with van der Waals surface area (Å²) in [6, 6.07) is 0. The summed E-state index contributed by atoms with van der Waals surface area (Å²) < 4.78 is 6.03. The quantitative estimate of drug-likeness (QED) is 0.0403. The maximum absolute atomic E-state index is 12.7. The molecule has 4 heteroatoms. The lowest BCUT2D eigenvalue weighted by Gasteiger charge is -2.18. The number of carbonyl (C=O) groups excluding carboxylic acids is 1. The van der Waals surface area contributed by atoms with Crippen LogP contribution in [0.25, 0.3) is 0 Å². The van der Waals surface area contributed by atoms with Crippen LogP contribution in [0.4, 0.5) is 0 Å². The van der Waals surface area contributed by atoms with Gasteiger partial charge in [0.1, 0.15) is 6.10 Å². The molecule has 0 bridgehead atoms. The lowest BCUT2D eigenvalue weighted by molar-refractivity contribution is -0.150. The molecule has 0 aliphatic heterocycles. The number of esters is 1. The topological polar surface area (TPSA) is 63.6 Å². The Kier molecular flexibility index (Phi) is 38.1. The first-order valence-electron chi connectivity index (χ1n) is 21.0. The number of carboxylic acid groups (broad SMARTS) is 1. The molecule has 1 N–H and O–H groups in total. The fraction of sp³-hybridized carbons (Fsp3) is 0.818. The normalized spacial score (nSPS) is 12.5. The number of unbranched alkanes of at least 4 members (excludes halogenated alkanes) is 23. The highest BCUT2D eigenvalue weighted by Gasteiger charge is 2.14. The SMILES string of the molecule is CC/C=C\C/C=C\C/C=C\CCCCCCCCCC(=O)OC(CCCCCCC)CCCCCCCCCCCCCCCC(=O)O. The molecule has 0 aliphatic carbocycles. The molecule has 4 nitrogen and oxygen atoms in total. The first-order valence-corrected chi connectivity index (χ1v) is 21.0. The van der Waals surface area contributed by atoms with Gasteiger partial charge in [0.25, 0.3) is 0 Å². The first-order chi connectivity index (χ1) is 23.6. The molecule has 0 rings (SSSR count). The fourth-order valence-electron chi connectivity index (χ4n) is 6.32. The molecule has 0 amide bonds. The summed E-state index contributed by atoms with van der Waals surface area (Å²) >= 11 is 0. The monoisotopic (exact) mass is 673 g/mol. The van der Waals surface area contributed by atoms with Crippen LogP contribution in [0.3, 0.4) is 0 Å². The van der Waals surface area contributed by atoms with Gasteiger partial charge in [0.05, 0.1) is 0 Å². The summed E-state index contributed by atoms with van der Waals surface area (Å²) in [5.41, 5.74) is 0. The number of carboxylic acids is 1. The standard InChI is InChI=1S/C44H80O4/c1-3-5-7-9-10-11-12-13-14-15-16-20-23-26-29-33-37-41-44(47)48-42(38-34-30-8-6-4-2)39-35-31-27-24-21-18-17-19-22-25-28-32-36-40-43(45)46/h5,7,10-11,13-14,42H,3-4,6,8-9,12,15-41H2,1-2H3,(H,45,46)/b7-5-,11-10-,14-13-. The van der Waals surface area contributed by atoms with Crippen molar-refractivity contribution in [1.82, 2.24) is 0 Å². The summed E-state index contributed by atoms with van der Waals surface area (Å²) in [6.07, 6.45) is 51.9. The van der Waals surface area contributed by atoms with Crippen molar-refractivity contribution in [2.75, 3.05) is 0 Å². The van der Waals surface area contributed by atoms with Gasteiger partial charge in [-0.05, 0) is 70.6 Å². The van der Waals surface area contributed by atoms with Crippen molar-refractivity contribution in [3.05, 3.63) is 36.5 Å². The number of rotatable bonds is 38. The minimum atomic E-state index is -0.668. The molecule has 0 aromatic heterocycles. The van der Waals surface area contributed by atoms with E-state index in [1.54, 1.807) is 0 Å². The van der Waals surface area contributed by atoms with Gasteiger partial charge in [0, 0.05) is 12.8 Å². The van der Waals surface area contributed by atoms with Gasteiger partial charge < -0.3 is 9.84 Å². The summed E-state index contributed by atoms with van der Waals surface area (Å²) in [6.45, 7) is 4.43. The molecular formula is C44H80O4. The van der Waals surface area contributed by atoms with Crippen molar-refractivity contribution in [1.29, 1.82) is 0 Å². The zero-order valence-electron chi connectivity index (χ0n) is 32.0. The predicted molar refractivity (Wildman–Crippen MR) is 209 cm³/mol. The molecule has 1 unspecified atom stereocenters. The molecule has 0 saturated carbocycles. The second-order valence-corrected chi connectivity index (χ2v) is 14.2. The van der Waals surface area contributed by atoms with E-state index in [0.29, 0.717) is 12.8 Å². The van der Waals surface area contributed by atoms with Crippen molar-refractivity contribution in [2.24, 2.45) is 0 Å². The Morgan fingerprint density at radius 2 is 0.875 bits per heavy atom. The Hall–Kier alpha value is -1.84. The molecule has 48 heavy (non-hydrogen) atoms. The van der Waals surface area contributed by atoms with Crippen LogP contribution >= 0.6 is 0 Å². The molecule has 0 aromatic rings. The third-order valence-electron chi connectivity index (χ3n) is 9.38. The lowest BCUT2D eigenvalue weighted by Crippen LogP contribution is -2.18. The average Bonchev–Trinajstić information content (AvgIpc) is 3.07. The Morgan fingerprint density at radius 3 is 1.35 bits per heavy atom. The van der Waals surface area contributed by atoms with Crippen LogP contribution in [0.1, 0.15) is 226 Å². The van der Waals surface area contributed by atoms with E-state index >= 15 is 0 Å². The van der Waals surface area contributed by atoms with Gasteiger partial charge in [-0.3, -0.25) is 9.59 Å². The molecule has 1 atom stereocenters. The molecule has 0 aromatic carbocycles. The summed E-state index contributed by atoms with van der Waals surface area (Å²) in [4.78, 5) is 23.2. The lowest BCUT2D eigenvalue weighted by atomic mass is 10.0. The zero-order chi connectivity index (χ0) is 35.0. The Labute approximate surface area is 299 Å². The number of ether oxygens (including phenoxy) is 1. The highest BCUT2D eigenvalue weighted by atomic mass is 16.5. The largest absolute Gasteiger partial charge is 0.481 e. The van der Waals surface area contributed by atoms with E-state index in [1.165, 1.54) is 141 Å². The highest BCUT2D eigenvalue weighted by Crippen LogP contribution is 2.19. The van der Waals surface area contributed by atoms with Gasteiger partial charge in [-0.25, -0.2) is 0 Å². The Bertz CT molecular complexity index is 768. The average molecular weight is 673 g/mol. The van der Waals surface area contributed by atoms with Gasteiger partial charge in [-0.1, -0.05) is 179 Å². The summed E-state index contributed by atoms with van der Waals surface area (Å²) in [5.74, 6) is -0.633. The second-order valence-electron chi connectivity index (χ2n) is 14.2. The van der Waals surface area contributed by atoms with Gasteiger partial charge in [0.2, 0.25) is 0 Å². The molecule has 0 saturated heterocycles. The van der Waals surface area contributed by atoms with Crippen molar-refractivity contribution in [3.63, 3.8) is 0 Å². The van der Waals surface area contributed by atoms with Crippen molar-refractivity contribution < 1.29 is 19.4 Å². The molecule has 0 spiro atoms. The van der Waals surface area contributed by atoms with Crippen LogP contribution in [-0.2, 0) is 14.3 Å². The van der Waals surface area contributed by atoms with Crippen LogP contribution < -0.4 is 0 Å². The smallest absolute Gasteiger partial charge is 0.306 e. The van der Waals surface area contributed by atoms with Crippen molar-refractivity contribution in [2.45, 2.75) is 232 Å². The van der Waals surface area contributed by atoms with Gasteiger partial charge >= 0.3 is 11.9 Å². The Morgan fingerprint density at radius 1 is 0.479 bits per heavy atom.